The summed E-state index contributed by atoms with van der Waals surface area (Å²) in [7, 11) is -3.92. The number of sulfonamides is 1. The van der Waals surface area contributed by atoms with Gasteiger partial charge < -0.3 is 0 Å². The largest absolute Gasteiger partial charge is 0.276 e. The van der Waals surface area contributed by atoms with Crippen molar-refractivity contribution < 1.29 is 8.42 Å². The second-order valence-corrected chi connectivity index (χ2v) is 9.93. The van der Waals surface area contributed by atoms with Crippen molar-refractivity contribution in [3.63, 3.8) is 0 Å². The molecule has 0 bridgehead atoms. The van der Waals surface area contributed by atoms with Crippen molar-refractivity contribution in [2.75, 3.05) is 4.72 Å². The molecule has 9 heteroatoms. The van der Waals surface area contributed by atoms with Crippen LogP contribution >= 0.6 is 11.6 Å². The number of hydrogen-bond donors (Lipinski definition) is 1. The highest BCUT2D eigenvalue weighted by Gasteiger charge is 2.26. The molecule has 0 fully saturated rings. The zero-order valence-electron chi connectivity index (χ0n) is 16.7. The molecule has 0 aliphatic rings. The van der Waals surface area contributed by atoms with Gasteiger partial charge in [0.2, 0.25) is 0 Å². The Morgan fingerprint density at radius 1 is 1.03 bits per heavy atom. The predicted molar refractivity (Wildman–Crippen MR) is 118 cm³/mol. The van der Waals surface area contributed by atoms with Crippen molar-refractivity contribution in [1.29, 1.82) is 0 Å². The summed E-state index contributed by atoms with van der Waals surface area (Å²) in [5.74, 6) is 0.305. The van der Waals surface area contributed by atoms with Gasteiger partial charge in [0, 0.05) is 12.4 Å². The van der Waals surface area contributed by atoms with Crippen molar-refractivity contribution in [2.45, 2.75) is 31.1 Å². The molecule has 30 heavy (non-hydrogen) atoms. The molecule has 0 radical (unpaired) electrons. The molecule has 0 aliphatic heterocycles. The molecule has 3 aromatic heterocycles. The minimum Gasteiger partial charge on any atom is -0.276 e. The fraction of sp³-hybridized carbons (Fsp3) is 0.190. The van der Waals surface area contributed by atoms with Crippen LogP contribution in [0.2, 0.25) is 5.02 Å². The summed E-state index contributed by atoms with van der Waals surface area (Å²) in [4.78, 5) is 8.80. The lowest BCUT2D eigenvalue weighted by atomic mass is 9.87. The molecule has 0 saturated carbocycles. The molecular formula is C21H20ClN5O2S. The van der Waals surface area contributed by atoms with E-state index in [0.717, 1.165) is 0 Å². The van der Waals surface area contributed by atoms with E-state index in [-0.39, 0.29) is 16.0 Å². The summed E-state index contributed by atoms with van der Waals surface area (Å²) in [6.45, 7) is 5.91. The zero-order chi connectivity index (χ0) is 21.5. The lowest BCUT2D eigenvalue weighted by Gasteiger charge is -2.23. The Morgan fingerprint density at radius 3 is 2.57 bits per heavy atom. The second-order valence-electron chi connectivity index (χ2n) is 7.84. The zero-order valence-corrected chi connectivity index (χ0v) is 18.2. The van der Waals surface area contributed by atoms with Crippen LogP contribution in [0.4, 0.5) is 5.69 Å². The molecule has 0 atom stereocenters. The molecule has 4 rings (SSSR count). The Labute approximate surface area is 179 Å². The first kappa shape index (κ1) is 20.3. The lowest BCUT2D eigenvalue weighted by molar-refractivity contribution is 0.563. The van der Waals surface area contributed by atoms with Crippen molar-refractivity contribution in [3.05, 3.63) is 71.6 Å². The number of nitrogens with one attached hydrogen (secondary N) is 1. The van der Waals surface area contributed by atoms with Crippen molar-refractivity contribution in [2.24, 2.45) is 0 Å². The third-order valence-electron chi connectivity index (χ3n) is 4.60. The van der Waals surface area contributed by atoms with E-state index in [1.165, 1.54) is 16.9 Å². The van der Waals surface area contributed by atoms with E-state index in [4.69, 9.17) is 11.6 Å². The number of pyridine rings is 2. The second kappa shape index (κ2) is 7.37. The minimum absolute atomic E-state index is 0.204. The number of rotatable bonds is 4. The highest BCUT2D eigenvalue weighted by Crippen LogP contribution is 2.32. The molecule has 1 aromatic carbocycles. The van der Waals surface area contributed by atoms with Crippen LogP contribution in [0.15, 0.2) is 66.0 Å². The Morgan fingerprint density at radius 2 is 1.80 bits per heavy atom. The van der Waals surface area contributed by atoms with Crippen LogP contribution in [0.5, 0.6) is 0 Å². The Hall–Kier alpha value is -2.97. The van der Waals surface area contributed by atoms with Gasteiger partial charge in [-0.25, -0.2) is 18.1 Å². The quantitative estimate of drug-likeness (QED) is 0.501. The number of benzene rings is 1. The van der Waals surface area contributed by atoms with Crippen LogP contribution in [0, 0.1) is 0 Å². The smallest absolute Gasteiger partial charge is 0.262 e. The molecule has 0 amide bonds. The maximum Gasteiger partial charge on any atom is 0.262 e. The third-order valence-corrected chi connectivity index (χ3v) is 6.23. The Bertz CT molecular complexity index is 1340. The Kier molecular flexibility index (Phi) is 4.99. The molecule has 0 aliphatic carbocycles. The average molecular weight is 442 g/mol. The summed E-state index contributed by atoms with van der Waals surface area (Å²) in [6.07, 6.45) is 4.71. The molecule has 1 N–H and O–H groups in total. The number of hydrogen-bond acceptors (Lipinski definition) is 5. The molecular weight excluding hydrogens is 422 g/mol. The summed E-state index contributed by atoms with van der Waals surface area (Å²) in [5, 5.41) is 4.63. The van der Waals surface area contributed by atoms with E-state index in [9.17, 15) is 8.42 Å². The van der Waals surface area contributed by atoms with Gasteiger partial charge in [-0.1, -0.05) is 50.6 Å². The SMILES string of the molecule is CC(C)(C)c1ccccc1S(=O)(=O)Nc1cc(Cl)cnc1-n1ncc2ncccc21. The van der Waals surface area contributed by atoms with Crippen LogP contribution in [-0.4, -0.2) is 28.2 Å². The fourth-order valence-corrected chi connectivity index (χ4v) is 4.86. The van der Waals surface area contributed by atoms with Gasteiger partial charge in [-0.05, 0) is 35.2 Å². The van der Waals surface area contributed by atoms with Gasteiger partial charge in [0.05, 0.1) is 27.3 Å². The van der Waals surface area contributed by atoms with Crippen molar-refractivity contribution in [1.82, 2.24) is 19.7 Å². The van der Waals surface area contributed by atoms with E-state index < -0.39 is 10.0 Å². The van der Waals surface area contributed by atoms with Gasteiger partial charge >= 0.3 is 0 Å². The summed E-state index contributed by atoms with van der Waals surface area (Å²) < 4.78 is 30.9. The predicted octanol–water partition coefficient (Wildman–Crippen LogP) is 4.57. The molecule has 0 saturated heterocycles. The molecule has 4 aromatic rings. The summed E-state index contributed by atoms with van der Waals surface area (Å²) in [6, 6.07) is 12.1. The number of fused-ring (bicyclic) bond motifs is 1. The standard InChI is InChI=1S/C21H20ClN5O2S/c1-21(2,3)15-7-4-5-9-19(15)30(28,29)26-16-11-14(22)12-24-20(16)27-18-8-6-10-23-17(18)13-25-27/h4-13,26H,1-3H3. The van der Waals surface area contributed by atoms with E-state index >= 15 is 0 Å². The van der Waals surface area contributed by atoms with Gasteiger partial charge in [-0.2, -0.15) is 5.10 Å². The van der Waals surface area contributed by atoms with E-state index in [2.05, 4.69) is 19.8 Å². The topological polar surface area (TPSA) is 89.8 Å². The lowest BCUT2D eigenvalue weighted by Crippen LogP contribution is -2.21. The van der Waals surface area contributed by atoms with Crippen LogP contribution in [0.25, 0.3) is 16.9 Å². The normalized spacial score (nSPS) is 12.3. The minimum atomic E-state index is -3.92. The van der Waals surface area contributed by atoms with Crippen LogP contribution < -0.4 is 4.72 Å². The fourth-order valence-electron chi connectivity index (χ4n) is 3.23. The van der Waals surface area contributed by atoms with E-state index in [1.807, 2.05) is 39.0 Å². The molecule has 154 valence electrons. The number of anilines is 1. The first-order valence-electron chi connectivity index (χ1n) is 9.24. The first-order chi connectivity index (χ1) is 14.2. The molecule has 0 unspecified atom stereocenters. The third kappa shape index (κ3) is 3.76. The van der Waals surface area contributed by atoms with Crippen molar-refractivity contribution in [3.8, 4) is 5.82 Å². The molecule has 7 nitrogen and oxygen atoms in total. The highest BCUT2D eigenvalue weighted by atomic mass is 35.5. The van der Waals surface area contributed by atoms with E-state index in [0.29, 0.717) is 27.4 Å². The average Bonchev–Trinajstić information content (AvgIpc) is 3.11. The maximum absolute atomic E-state index is 13.3. The number of aromatic nitrogens is 4. The van der Waals surface area contributed by atoms with Crippen LogP contribution in [0.1, 0.15) is 26.3 Å². The summed E-state index contributed by atoms with van der Waals surface area (Å²) >= 11 is 6.14. The van der Waals surface area contributed by atoms with Gasteiger partial charge in [0.25, 0.3) is 10.0 Å². The highest BCUT2D eigenvalue weighted by molar-refractivity contribution is 7.92. The number of halogens is 1. The van der Waals surface area contributed by atoms with Crippen LogP contribution in [0.3, 0.4) is 0 Å². The summed E-state index contributed by atoms with van der Waals surface area (Å²) in [5.41, 5.74) is 1.94. The first-order valence-corrected chi connectivity index (χ1v) is 11.1. The monoisotopic (exact) mass is 441 g/mol. The number of nitrogens with zero attached hydrogens (tertiary/aromatic N) is 4. The van der Waals surface area contributed by atoms with Crippen molar-refractivity contribution >= 4 is 38.3 Å². The maximum atomic E-state index is 13.3. The van der Waals surface area contributed by atoms with Gasteiger partial charge in [0.15, 0.2) is 5.82 Å². The molecule has 3 heterocycles. The molecule has 0 spiro atoms. The van der Waals surface area contributed by atoms with E-state index in [1.54, 1.807) is 30.6 Å². The Balaban J connectivity index is 1.84. The van der Waals surface area contributed by atoms with Gasteiger partial charge in [-0.3, -0.25) is 9.71 Å². The van der Waals surface area contributed by atoms with Crippen LogP contribution in [-0.2, 0) is 15.4 Å². The van der Waals surface area contributed by atoms with Gasteiger partial charge in [-0.15, -0.1) is 0 Å². The van der Waals surface area contributed by atoms with Gasteiger partial charge in [0.1, 0.15) is 5.52 Å².